The number of likely N-dealkylation sites (tertiary alicyclic amines) is 1. The molecule has 0 radical (unpaired) electrons. The molecule has 2 N–H and O–H groups in total. The summed E-state index contributed by atoms with van der Waals surface area (Å²) in [5.41, 5.74) is 0. The van der Waals surface area contributed by atoms with Crippen LogP contribution in [0.25, 0.3) is 0 Å². The number of carbonyl (C=O) groups is 1. The molecule has 2 aliphatic heterocycles. The lowest BCUT2D eigenvalue weighted by molar-refractivity contribution is -0.125. The smallest absolute Gasteiger partial charge is 0.224 e. The Hall–Kier alpha value is -0.610. The minimum absolute atomic E-state index is 0.181. The number of hydrogen-bond donors (Lipinski definition) is 2. The molecule has 0 aliphatic carbocycles. The number of piperidine rings is 1. The Morgan fingerprint density at radius 3 is 2.72 bits per heavy atom. The molecular formula is C14H27N3O. The summed E-state index contributed by atoms with van der Waals surface area (Å²) in [5.74, 6) is 0.901. The molecule has 4 nitrogen and oxygen atoms in total. The fraction of sp³-hybridized carbons (Fsp3) is 0.929. The SMILES string of the molecule is C[C@@H]1CNC[C@H]1C(=O)NCCCN1CCCCC1. The summed E-state index contributed by atoms with van der Waals surface area (Å²) in [7, 11) is 0. The monoisotopic (exact) mass is 253 g/mol. The topological polar surface area (TPSA) is 44.4 Å². The van der Waals surface area contributed by atoms with Crippen LogP contribution in [0.5, 0.6) is 0 Å². The van der Waals surface area contributed by atoms with Crippen LogP contribution >= 0.6 is 0 Å². The molecule has 18 heavy (non-hydrogen) atoms. The van der Waals surface area contributed by atoms with E-state index in [-0.39, 0.29) is 11.8 Å². The second-order valence-corrected chi connectivity index (χ2v) is 5.79. The summed E-state index contributed by atoms with van der Waals surface area (Å²) in [4.78, 5) is 14.5. The number of rotatable bonds is 5. The Balaban J connectivity index is 1.56. The van der Waals surface area contributed by atoms with Crippen molar-refractivity contribution in [2.45, 2.75) is 32.6 Å². The average Bonchev–Trinajstić information content (AvgIpc) is 2.82. The molecule has 4 heteroatoms. The Labute approximate surface area is 110 Å². The molecule has 0 bridgehead atoms. The molecule has 1 amide bonds. The van der Waals surface area contributed by atoms with Gasteiger partial charge in [-0.1, -0.05) is 13.3 Å². The van der Waals surface area contributed by atoms with Crippen LogP contribution in [0.2, 0.25) is 0 Å². The highest BCUT2D eigenvalue weighted by Gasteiger charge is 2.28. The van der Waals surface area contributed by atoms with E-state index in [1.807, 2.05) is 0 Å². The molecule has 2 rings (SSSR count). The van der Waals surface area contributed by atoms with Gasteiger partial charge in [-0.25, -0.2) is 0 Å². The van der Waals surface area contributed by atoms with Crippen LogP contribution in [0.15, 0.2) is 0 Å². The fourth-order valence-corrected chi connectivity index (χ4v) is 2.99. The Kier molecular flexibility index (Phi) is 5.45. The Morgan fingerprint density at radius 2 is 2.06 bits per heavy atom. The van der Waals surface area contributed by atoms with E-state index in [1.165, 1.54) is 32.4 Å². The van der Waals surface area contributed by atoms with Crippen molar-refractivity contribution in [2.24, 2.45) is 11.8 Å². The van der Waals surface area contributed by atoms with Gasteiger partial charge in [0.1, 0.15) is 0 Å². The number of amides is 1. The molecule has 104 valence electrons. The number of carbonyl (C=O) groups excluding carboxylic acids is 1. The average molecular weight is 253 g/mol. The minimum atomic E-state index is 0.181. The van der Waals surface area contributed by atoms with Crippen LogP contribution in [0.4, 0.5) is 0 Å². The van der Waals surface area contributed by atoms with E-state index in [9.17, 15) is 4.79 Å². The van der Waals surface area contributed by atoms with Crippen molar-refractivity contribution in [3.63, 3.8) is 0 Å². The van der Waals surface area contributed by atoms with E-state index in [1.54, 1.807) is 0 Å². The van der Waals surface area contributed by atoms with Crippen LogP contribution in [-0.4, -0.2) is 50.1 Å². The second kappa shape index (κ2) is 7.10. The molecule has 2 heterocycles. The molecule has 2 aliphatic rings. The first kappa shape index (κ1) is 13.8. The van der Waals surface area contributed by atoms with Crippen molar-refractivity contribution in [1.29, 1.82) is 0 Å². The molecule has 0 aromatic rings. The van der Waals surface area contributed by atoms with Gasteiger partial charge in [-0.2, -0.15) is 0 Å². The number of hydrogen-bond acceptors (Lipinski definition) is 3. The molecule has 0 spiro atoms. The summed E-state index contributed by atoms with van der Waals surface area (Å²) < 4.78 is 0. The predicted octanol–water partition coefficient (Wildman–Crippen LogP) is 0.834. The molecule has 0 unspecified atom stereocenters. The van der Waals surface area contributed by atoms with Crippen molar-refractivity contribution in [1.82, 2.24) is 15.5 Å². The van der Waals surface area contributed by atoms with Gasteiger partial charge in [-0.15, -0.1) is 0 Å². The first-order chi connectivity index (χ1) is 8.77. The standard InChI is InChI=1S/C14H27N3O/c1-12-10-15-11-13(12)14(18)16-6-5-9-17-7-3-2-4-8-17/h12-13,15H,2-11H2,1H3,(H,16,18)/t12-,13-/m1/s1. The van der Waals surface area contributed by atoms with Gasteiger partial charge in [0, 0.05) is 13.1 Å². The third-order valence-electron chi connectivity index (χ3n) is 4.25. The summed E-state index contributed by atoms with van der Waals surface area (Å²) >= 11 is 0. The Morgan fingerprint density at radius 1 is 1.28 bits per heavy atom. The van der Waals surface area contributed by atoms with Crippen molar-refractivity contribution in [2.75, 3.05) is 39.3 Å². The van der Waals surface area contributed by atoms with Gasteiger partial charge in [-0.05, 0) is 51.4 Å². The van der Waals surface area contributed by atoms with E-state index in [0.717, 1.165) is 32.6 Å². The minimum Gasteiger partial charge on any atom is -0.356 e. The summed E-state index contributed by atoms with van der Waals surface area (Å²) in [6.07, 6.45) is 5.16. The van der Waals surface area contributed by atoms with Crippen molar-refractivity contribution >= 4 is 5.91 Å². The second-order valence-electron chi connectivity index (χ2n) is 5.79. The van der Waals surface area contributed by atoms with Gasteiger partial charge in [0.05, 0.1) is 5.92 Å². The molecule has 2 fully saturated rings. The van der Waals surface area contributed by atoms with Crippen LogP contribution in [0, 0.1) is 11.8 Å². The highest BCUT2D eigenvalue weighted by molar-refractivity contribution is 5.79. The van der Waals surface area contributed by atoms with Gasteiger partial charge in [0.25, 0.3) is 0 Å². The molecule has 0 aromatic carbocycles. The molecule has 0 saturated carbocycles. The Bertz CT molecular complexity index is 264. The molecule has 2 atom stereocenters. The predicted molar refractivity (Wildman–Crippen MR) is 73.4 cm³/mol. The maximum Gasteiger partial charge on any atom is 0.224 e. The van der Waals surface area contributed by atoms with E-state index in [0.29, 0.717) is 5.92 Å². The highest BCUT2D eigenvalue weighted by atomic mass is 16.1. The van der Waals surface area contributed by atoms with Crippen molar-refractivity contribution in [3.05, 3.63) is 0 Å². The first-order valence-electron chi connectivity index (χ1n) is 7.48. The largest absolute Gasteiger partial charge is 0.356 e. The molecule has 2 saturated heterocycles. The van der Waals surface area contributed by atoms with Gasteiger partial charge in [0.15, 0.2) is 0 Å². The lowest BCUT2D eigenvalue weighted by Crippen LogP contribution is -2.37. The van der Waals surface area contributed by atoms with Crippen LogP contribution < -0.4 is 10.6 Å². The van der Waals surface area contributed by atoms with E-state index >= 15 is 0 Å². The first-order valence-corrected chi connectivity index (χ1v) is 7.48. The lowest BCUT2D eigenvalue weighted by atomic mass is 9.97. The van der Waals surface area contributed by atoms with Crippen molar-refractivity contribution in [3.8, 4) is 0 Å². The zero-order valence-electron chi connectivity index (χ0n) is 11.6. The summed E-state index contributed by atoms with van der Waals surface area (Å²) in [6.45, 7) is 8.44. The summed E-state index contributed by atoms with van der Waals surface area (Å²) in [6, 6.07) is 0. The normalized spacial score (nSPS) is 29.4. The lowest BCUT2D eigenvalue weighted by Gasteiger charge is -2.26. The quantitative estimate of drug-likeness (QED) is 0.714. The number of nitrogens with one attached hydrogen (secondary N) is 2. The van der Waals surface area contributed by atoms with Gasteiger partial charge in [-0.3, -0.25) is 4.79 Å². The molecular weight excluding hydrogens is 226 g/mol. The van der Waals surface area contributed by atoms with E-state index < -0.39 is 0 Å². The van der Waals surface area contributed by atoms with Crippen LogP contribution in [-0.2, 0) is 4.79 Å². The van der Waals surface area contributed by atoms with Crippen LogP contribution in [0.1, 0.15) is 32.6 Å². The fourth-order valence-electron chi connectivity index (χ4n) is 2.99. The van der Waals surface area contributed by atoms with Crippen LogP contribution in [0.3, 0.4) is 0 Å². The van der Waals surface area contributed by atoms with E-state index in [2.05, 4.69) is 22.5 Å². The zero-order chi connectivity index (χ0) is 12.8. The van der Waals surface area contributed by atoms with Crippen molar-refractivity contribution < 1.29 is 4.79 Å². The third-order valence-corrected chi connectivity index (χ3v) is 4.25. The maximum atomic E-state index is 11.9. The zero-order valence-corrected chi connectivity index (χ0v) is 11.6. The van der Waals surface area contributed by atoms with E-state index in [4.69, 9.17) is 0 Å². The number of nitrogens with zero attached hydrogens (tertiary/aromatic N) is 1. The van der Waals surface area contributed by atoms with Gasteiger partial charge >= 0.3 is 0 Å². The summed E-state index contributed by atoms with van der Waals surface area (Å²) in [5, 5.41) is 6.37. The maximum absolute atomic E-state index is 11.9. The van der Waals surface area contributed by atoms with Gasteiger partial charge < -0.3 is 15.5 Å². The van der Waals surface area contributed by atoms with Gasteiger partial charge in [0.2, 0.25) is 5.91 Å². The molecule has 0 aromatic heterocycles. The third kappa shape index (κ3) is 3.95. The highest BCUT2D eigenvalue weighted by Crippen LogP contribution is 2.15.